The number of thiophene rings is 1. The molecule has 26 heavy (non-hydrogen) atoms. The highest BCUT2D eigenvalue weighted by atomic mass is 32.2. The molecule has 0 saturated carbocycles. The summed E-state index contributed by atoms with van der Waals surface area (Å²) in [5.41, 5.74) is 3.81. The summed E-state index contributed by atoms with van der Waals surface area (Å²) in [5, 5.41) is 18.0. The second-order valence-corrected chi connectivity index (χ2v) is 8.09. The van der Waals surface area contributed by atoms with E-state index in [9.17, 15) is 0 Å². The number of thioether (sulfide) groups is 1. The number of carboxylic acids is 2. The first-order valence-electron chi connectivity index (χ1n) is 7.71. The van der Waals surface area contributed by atoms with Crippen LogP contribution in [0.2, 0.25) is 0 Å². The number of hydrogen-bond acceptors (Lipinski definition) is 8. The van der Waals surface area contributed by atoms with Crippen LogP contribution in [0.25, 0.3) is 5.57 Å². The van der Waals surface area contributed by atoms with Crippen LogP contribution < -0.4 is 0 Å². The van der Waals surface area contributed by atoms with Gasteiger partial charge in [-0.05, 0) is 43.0 Å². The van der Waals surface area contributed by atoms with Crippen LogP contribution in [0.15, 0.2) is 22.5 Å². The normalized spacial score (nSPS) is 14.3. The van der Waals surface area contributed by atoms with Crippen molar-refractivity contribution in [2.24, 2.45) is 0 Å². The summed E-state index contributed by atoms with van der Waals surface area (Å²) in [7, 11) is 2.16. The van der Waals surface area contributed by atoms with Crippen molar-refractivity contribution in [1.29, 1.82) is 0 Å². The van der Waals surface area contributed by atoms with E-state index in [4.69, 9.17) is 19.8 Å². The third-order valence-corrected chi connectivity index (χ3v) is 6.44. The van der Waals surface area contributed by atoms with Gasteiger partial charge in [0.25, 0.3) is 0 Å². The molecule has 0 fully saturated rings. The van der Waals surface area contributed by atoms with Gasteiger partial charge in [-0.25, -0.2) is 9.59 Å². The first-order chi connectivity index (χ1) is 12.4. The summed E-state index contributed by atoms with van der Waals surface area (Å²) >= 11 is 4.96. The van der Waals surface area contributed by atoms with Gasteiger partial charge in [0.1, 0.15) is 10.7 Å². The second-order valence-electron chi connectivity index (χ2n) is 5.60. The Labute approximate surface area is 163 Å². The summed E-state index contributed by atoms with van der Waals surface area (Å²) in [4.78, 5) is 22.0. The average Bonchev–Trinajstić information content (AvgIpc) is 3.22. The predicted molar refractivity (Wildman–Crippen MR) is 104 cm³/mol. The fourth-order valence-electron chi connectivity index (χ4n) is 2.22. The zero-order valence-corrected chi connectivity index (χ0v) is 16.8. The highest BCUT2D eigenvalue weighted by molar-refractivity contribution is 7.98. The van der Waals surface area contributed by atoms with E-state index in [1.165, 1.54) is 27.7 Å². The maximum atomic E-state index is 9.10. The largest absolute Gasteiger partial charge is 0.473 e. The third kappa shape index (κ3) is 5.90. The first-order valence-corrected chi connectivity index (χ1v) is 10.3. The van der Waals surface area contributed by atoms with Crippen LogP contribution in [0.3, 0.4) is 0 Å². The molecule has 2 N–H and O–H groups in total. The van der Waals surface area contributed by atoms with Gasteiger partial charge in [-0.2, -0.15) is 8.75 Å². The van der Waals surface area contributed by atoms with Gasteiger partial charge in [0, 0.05) is 23.7 Å². The highest BCUT2D eigenvalue weighted by Gasteiger charge is 2.18. The smallest absolute Gasteiger partial charge is 0.414 e. The van der Waals surface area contributed by atoms with E-state index < -0.39 is 11.9 Å². The molecular formula is C16H19N3O4S3. The van der Waals surface area contributed by atoms with Gasteiger partial charge in [0.05, 0.1) is 11.7 Å². The number of likely N-dealkylation sites (N-methyl/N-ethyl adjacent to an activating group) is 1. The van der Waals surface area contributed by atoms with E-state index in [-0.39, 0.29) is 0 Å². The molecular weight excluding hydrogens is 394 g/mol. The summed E-state index contributed by atoms with van der Waals surface area (Å²) in [6.07, 6.45) is 3.43. The summed E-state index contributed by atoms with van der Waals surface area (Å²) in [5.74, 6) is -2.66. The fraction of sp³-hybridized carbons (Fsp3) is 0.375. The van der Waals surface area contributed by atoms with E-state index in [1.807, 2.05) is 23.1 Å². The van der Waals surface area contributed by atoms with E-state index in [2.05, 4.69) is 45.1 Å². The van der Waals surface area contributed by atoms with Crippen molar-refractivity contribution in [2.45, 2.75) is 24.1 Å². The molecule has 1 aliphatic rings. The second kappa shape index (κ2) is 9.81. The average molecular weight is 414 g/mol. The van der Waals surface area contributed by atoms with Crippen molar-refractivity contribution in [3.8, 4) is 0 Å². The molecule has 1 aliphatic heterocycles. The highest BCUT2D eigenvalue weighted by Crippen LogP contribution is 2.32. The minimum absolute atomic E-state index is 0.983. The van der Waals surface area contributed by atoms with Crippen LogP contribution >= 0.6 is 34.8 Å². The van der Waals surface area contributed by atoms with Gasteiger partial charge < -0.3 is 15.1 Å². The van der Waals surface area contributed by atoms with Gasteiger partial charge in [-0.1, -0.05) is 17.8 Å². The van der Waals surface area contributed by atoms with Gasteiger partial charge in [-0.15, -0.1) is 11.3 Å². The summed E-state index contributed by atoms with van der Waals surface area (Å²) in [6.45, 7) is 4.29. The molecule has 0 bridgehead atoms. The topological polar surface area (TPSA) is 104 Å². The number of rotatable bonds is 4. The van der Waals surface area contributed by atoms with Crippen LogP contribution in [0, 0.1) is 6.92 Å². The Morgan fingerprint density at radius 2 is 2.04 bits per heavy atom. The Kier molecular flexibility index (Phi) is 7.76. The number of hydrogen-bond donors (Lipinski definition) is 2. The van der Waals surface area contributed by atoms with Crippen molar-refractivity contribution in [3.05, 3.63) is 33.7 Å². The monoisotopic (exact) mass is 413 g/mol. The molecule has 7 nitrogen and oxygen atoms in total. The van der Waals surface area contributed by atoms with E-state index in [0.29, 0.717) is 0 Å². The lowest BCUT2D eigenvalue weighted by Crippen LogP contribution is -2.25. The number of carboxylic acid groups (broad SMARTS) is 2. The van der Waals surface area contributed by atoms with Crippen LogP contribution in [0.5, 0.6) is 0 Å². The first kappa shape index (κ1) is 20.6. The number of aliphatic carboxylic acids is 2. The number of nitrogens with zero attached hydrogens (tertiary/aromatic N) is 3. The zero-order valence-electron chi connectivity index (χ0n) is 14.3. The number of aryl methyl sites for hydroxylation is 1. The molecule has 0 aliphatic carbocycles. The molecule has 0 aromatic carbocycles. The quantitative estimate of drug-likeness (QED) is 0.582. The molecule has 0 radical (unpaired) electrons. The molecule has 0 spiro atoms. The van der Waals surface area contributed by atoms with Gasteiger partial charge in [0.2, 0.25) is 0 Å². The minimum atomic E-state index is -1.82. The number of carbonyl (C=O) groups is 2. The van der Waals surface area contributed by atoms with Crippen LogP contribution in [-0.2, 0) is 15.3 Å². The van der Waals surface area contributed by atoms with Crippen molar-refractivity contribution in [3.63, 3.8) is 0 Å². The Hall–Kier alpha value is -1.75. The standard InChI is InChI=1S/C14H17N3S3.C2H2O4/c1-10-5-7-18-12(10)9-19-14-13(15-20-16-14)11-4-3-6-17(2)8-11;3-1(4)2(5)6/h4-5,7H,3,6,8-9H2,1-2H3;(H,3,4)(H,5,6). The minimum Gasteiger partial charge on any atom is -0.473 e. The molecule has 140 valence electrons. The summed E-state index contributed by atoms with van der Waals surface area (Å²) < 4.78 is 9.00. The Morgan fingerprint density at radius 3 is 2.62 bits per heavy atom. The third-order valence-electron chi connectivity index (χ3n) is 3.60. The summed E-state index contributed by atoms with van der Waals surface area (Å²) in [6, 6.07) is 2.18. The van der Waals surface area contributed by atoms with Crippen molar-refractivity contribution in [1.82, 2.24) is 13.6 Å². The van der Waals surface area contributed by atoms with Crippen LogP contribution in [0.1, 0.15) is 22.6 Å². The molecule has 0 atom stereocenters. The lowest BCUT2D eigenvalue weighted by Gasteiger charge is -2.22. The van der Waals surface area contributed by atoms with E-state index >= 15 is 0 Å². The number of aromatic nitrogens is 2. The van der Waals surface area contributed by atoms with Crippen molar-refractivity contribution >= 4 is 52.3 Å². The molecule has 3 rings (SSSR count). The molecule has 3 heterocycles. The molecule has 0 unspecified atom stereocenters. The van der Waals surface area contributed by atoms with Gasteiger partial charge >= 0.3 is 11.9 Å². The Morgan fingerprint density at radius 1 is 1.31 bits per heavy atom. The maximum absolute atomic E-state index is 9.10. The molecule has 0 saturated heterocycles. The molecule has 2 aromatic rings. The van der Waals surface area contributed by atoms with Crippen LogP contribution in [-0.4, -0.2) is 55.9 Å². The Balaban J connectivity index is 0.000000352. The zero-order chi connectivity index (χ0) is 19.1. The molecule has 0 amide bonds. The van der Waals surface area contributed by atoms with E-state index in [1.54, 1.807) is 0 Å². The molecule has 2 aromatic heterocycles. The Bertz CT molecular complexity index is 788. The van der Waals surface area contributed by atoms with Gasteiger partial charge in [-0.3, -0.25) is 0 Å². The predicted octanol–water partition coefficient (Wildman–Crippen LogP) is 3.07. The van der Waals surface area contributed by atoms with Gasteiger partial charge in [0.15, 0.2) is 0 Å². The van der Waals surface area contributed by atoms with Crippen LogP contribution in [0.4, 0.5) is 0 Å². The lowest BCUT2D eigenvalue weighted by molar-refractivity contribution is -0.159. The van der Waals surface area contributed by atoms with Crippen molar-refractivity contribution in [2.75, 3.05) is 20.1 Å². The fourth-order valence-corrected chi connectivity index (χ4v) is 5.03. The molecule has 10 heteroatoms. The van der Waals surface area contributed by atoms with Crippen molar-refractivity contribution < 1.29 is 19.8 Å². The van der Waals surface area contributed by atoms with E-state index in [0.717, 1.165) is 36.0 Å². The lowest BCUT2D eigenvalue weighted by atomic mass is 10.1. The maximum Gasteiger partial charge on any atom is 0.414 e. The SMILES string of the molecule is Cc1ccsc1CSc1nsnc1C1=CCCN(C)C1.O=C(O)C(=O)O.